The van der Waals surface area contributed by atoms with E-state index in [1.807, 2.05) is 13.0 Å². The Bertz CT molecular complexity index is 1250. The van der Waals surface area contributed by atoms with E-state index in [0.29, 0.717) is 16.2 Å². The fourth-order valence-electron chi connectivity index (χ4n) is 3.65. The molecule has 0 radical (unpaired) electrons. The third-order valence-corrected chi connectivity index (χ3v) is 7.40. The molecule has 168 valence electrons. The van der Waals surface area contributed by atoms with Crippen LogP contribution in [0.2, 0.25) is 0 Å². The summed E-state index contributed by atoms with van der Waals surface area (Å²) in [6.45, 7) is 5.68. The van der Waals surface area contributed by atoms with Crippen LogP contribution in [0.1, 0.15) is 53.1 Å². The number of nitrogens with zero attached hydrogens (tertiary/aromatic N) is 3. The molecular formula is C22H24N4O4S2. The van der Waals surface area contributed by atoms with E-state index in [9.17, 15) is 14.4 Å². The molecule has 10 heteroatoms. The molecule has 0 unspecified atom stereocenters. The number of aromatic nitrogens is 3. The highest BCUT2D eigenvalue weighted by Gasteiger charge is 2.28. The van der Waals surface area contributed by atoms with Crippen molar-refractivity contribution in [1.29, 1.82) is 0 Å². The number of esters is 1. The van der Waals surface area contributed by atoms with E-state index >= 15 is 0 Å². The summed E-state index contributed by atoms with van der Waals surface area (Å²) < 4.78 is 6.61. The molecule has 3 aromatic heterocycles. The fraction of sp³-hybridized carbons (Fsp3) is 0.409. The van der Waals surface area contributed by atoms with Crippen LogP contribution >= 0.6 is 23.1 Å². The van der Waals surface area contributed by atoms with Gasteiger partial charge in [-0.2, -0.15) is 4.98 Å². The van der Waals surface area contributed by atoms with Crippen molar-refractivity contribution in [2.75, 3.05) is 11.9 Å². The topological polar surface area (TPSA) is 103 Å². The van der Waals surface area contributed by atoms with Gasteiger partial charge in [0.2, 0.25) is 5.91 Å². The lowest BCUT2D eigenvalue weighted by molar-refractivity contribution is -0.115. The summed E-state index contributed by atoms with van der Waals surface area (Å²) >= 11 is 2.55. The van der Waals surface area contributed by atoms with E-state index in [-0.39, 0.29) is 17.7 Å². The summed E-state index contributed by atoms with van der Waals surface area (Å²) in [7, 11) is 0. The number of pyridine rings is 1. The maximum Gasteiger partial charge on any atom is 0.355 e. The molecule has 0 spiro atoms. The van der Waals surface area contributed by atoms with Crippen LogP contribution in [0, 0.1) is 6.92 Å². The van der Waals surface area contributed by atoms with Crippen LogP contribution in [0.5, 0.6) is 0 Å². The number of carbonyl (C=O) groups excluding carboxylic acids is 2. The van der Waals surface area contributed by atoms with E-state index in [0.717, 1.165) is 53.4 Å². The Balaban J connectivity index is 1.56. The number of hydrogen-bond acceptors (Lipinski definition) is 8. The molecule has 1 N–H and O–H groups in total. The van der Waals surface area contributed by atoms with Gasteiger partial charge >= 0.3 is 11.7 Å². The number of carbonyl (C=O) groups is 2. The minimum atomic E-state index is -0.573. The van der Waals surface area contributed by atoms with Crippen molar-refractivity contribution in [3.8, 4) is 0 Å². The van der Waals surface area contributed by atoms with E-state index in [4.69, 9.17) is 4.74 Å². The van der Waals surface area contributed by atoms with Crippen LogP contribution in [0.3, 0.4) is 0 Å². The summed E-state index contributed by atoms with van der Waals surface area (Å²) in [6, 6.07) is 3.60. The molecule has 32 heavy (non-hydrogen) atoms. The molecule has 3 heterocycles. The number of rotatable bonds is 6. The SMILES string of the molecule is CCOC(=O)c1c(NC(=O)[C@@H](C)Sc2nc(=O)n3ccc(C)cc3n2)sc2c1CCCC2. The average Bonchev–Trinajstić information content (AvgIpc) is 3.11. The normalized spacial score (nSPS) is 14.1. The maximum atomic E-state index is 12.9. The first-order chi connectivity index (χ1) is 15.4. The van der Waals surface area contributed by atoms with Gasteiger partial charge < -0.3 is 10.1 Å². The average molecular weight is 473 g/mol. The summed E-state index contributed by atoms with van der Waals surface area (Å²) in [5.41, 5.74) is 2.48. The Labute approximate surface area is 193 Å². The van der Waals surface area contributed by atoms with Crippen LogP contribution < -0.4 is 11.0 Å². The van der Waals surface area contributed by atoms with Gasteiger partial charge in [-0.05, 0) is 69.7 Å². The number of ether oxygens (including phenoxy) is 1. The number of thioether (sulfide) groups is 1. The highest BCUT2D eigenvalue weighted by atomic mass is 32.2. The van der Waals surface area contributed by atoms with Crippen molar-refractivity contribution in [1.82, 2.24) is 14.4 Å². The Kier molecular flexibility index (Phi) is 6.61. The minimum absolute atomic E-state index is 0.236. The minimum Gasteiger partial charge on any atom is -0.462 e. The van der Waals surface area contributed by atoms with Crippen LogP contribution in [-0.2, 0) is 22.4 Å². The molecule has 1 aliphatic carbocycles. The Morgan fingerprint density at radius 3 is 2.88 bits per heavy atom. The summed E-state index contributed by atoms with van der Waals surface area (Å²) in [5.74, 6) is -0.684. The molecule has 0 aromatic carbocycles. The van der Waals surface area contributed by atoms with E-state index in [1.54, 1.807) is 26.1 Å². The van der Waals surface area contributed by atoms with Gasteiger partial charge in [-0.25, -0.2) is 14.6 Å². The number of amides is 1. The number of fused-ring (bicyclic) bond motifs is 2. The molecule has 0 fully saturated rings. The summed E-state index contributed by atoms with van der Waals surface area (Å²) in [5, 5.41) is 3.10. The van der Waals surface area contributed by atoms with Crippen molar-refractivity contribution in [2.24, 2.45) is 0 Å². The number of aryl methyl sites for hydroxylation is 2. The lowest BCUT2D eigenvalue weighted by Crippen LogP contribution is -2.25. The Morgan fingerprint density at radius 1 is 1.31 bits per heavy atom. The smallest absolute Gasteiger partial charge is 0.355 e. The zero-order chi connectivity index (χ0) is 22.8. The largest absolute Gasteiger partial charge is 0.462 e. The first-order valence-corrected chi connectivity index (χ1v) is 12.2. The van der Waals surface area contributed by atoms with Crippen molar-refractivity contribution in [2.45, 2.75) is 56.9 Å². The van der Waals surface area contributed by atoms with Gasteiger partial charge in [0.05, 0.1) is 17.4 Å². The second kappa shape index (κ2) is 9.41. The van der Waals surface area contributed by atoms with Gasteiger partial charge in [0.1, 0.15) is 10.6 Å². The van der Waals surface area contributed by atoms with Gasteiger partial charge in [0.15, 0.2) is 5.16 Å². The molecule has 4 rings (SSSR count). The lowest BCUT2D eigenvalue weighted by Gasteiger charge is -2.13. The molecule has 0 aliphatic heterocycles. The summed E-state index contributed by atoms with van der Waals surface area (Å²) in [4.78, 5) is 47.4. The van der Waals surface area contributed by atoms with Gasteiger partial charge in [0.25, 0.3) is 0 Å². The second-order valence-corrected chi connectivity index (χ2v) is 10.0. The van der Waals surface area contributed by atoms with Gasteiger partial charge in [0, 0.05) is 11.1 Å². The highest BCUT2D eigenvalue weighted by Crippen LogP contribution is 2.39. The molecule has 8 nitrogen and oxygen atoms in total. The standard InChI is InChI=1S/C22H24N4O4S2/c1-4-30-20(28)17-14-7-5-6-8-15(14)32-19(17)24-18(27)13(3)31-21-23-16-11-12(2)9-10-26(16)22(29)25-21/h9-11,13H,4-8H2,1-3H3,(H,24,27)/t13-/m1/s1. The predicted molar refractivity (Wildman–Crippen MR) is 125 cm³/mol. The zero-order valence-corrected chi connectivity index (χ0v) is 19.8. The predicted octanol–water partition coefficient (Wildman–Crippen LogP) is 3.63. The quantitative estimate of drug-likeness (QED) is 0.432. The van der Waals surface area contributed by atoms with Crippen molar-refractivity contribution in [3.63, 3.8) is 0 Å². The second-order valence-electron chi connectivity index (χ2n) is 7.61. The summed E-state index contributed by atoms with van der Waals surface area (Å²) in [6.07, 6.45) is 5.44. The zero-order valence-electron chi connectivity index (χ0n) is 18.1. The van der Waals surface area contributed by atoms with Crippen LogP contribution in [0.25, 0.3) is 5.65 Å². The number of hydrogen-bond donors (Lipinski definition) is 1. The van der Waals surface area contributed by atoms with Crippen molar-refractivity contribution in [3.05, 3.63) is 50.4 Å². The number of anilines is 1. The molecule has 0 saturated carbocycles. The van der Waals surface area contributed by atoms with Gasteiger partial charge in [-0.3, -0.25) is 9.20 Å². The lowest BCUT2D eigenvalue weighted by atomic mass is 9.95. The molecule has 1 aliphatic rings. The first-order valence-electron chi connectivity index (χ1n) is 10.5. The van der Waals surface area contributed by atoms with Crippen molar-refractivity contribution < 1.29 is 14.3 Å². The Morgan fingerprint density at radius 2 is 2.09 bits per heavy atom. The van der Waals surface area contributed by atoms with Gasteiger partial charge in [-0.1, -0.05) is 11.8 Å². The maximum absolute atomic E-state index is 12.9. The van der Waals surface area contributed by atoms with Crippen LogP contribution in [-0.4, -0.2) is 38.1 Å². The molecule has 1 atom stereocenters. The van der Waals surface area contributed by atoms with Gasteiger partial charge in [-0.15, -0.1) is 11.3 Å². The van der Waals surface area contributed by atoms with Crippen LogP contribution in [0.4, 0.5) is 5.00 Å². The molecule has 1 amide bonds. The third-order valence-electron chi connectivity index (χ3n) is 5.24. The first kappa shape index (κ1) is 22.5. The van der Waals surface area contributed by atoms with Crippen LogP contribution in [0.15, 0.2) is 28.3 Å². The highest BCUT2D eigenvalue weighted by molar-refractivity contribution is 8.00. The van der Waals surface area contributed by atoms with E-state index in [2.05, 4.69) is 15.3 Å². The Hall–Kier alpha value is -2.72. The van der Waals surface area contributed by atoms with Crippen molar-refractivity contribution >= 4 is 45.6 Å². The molecule has 0 saturated heterocycles. The van der Waals surface area contributed by atoms with E-state index in [1.165, 1.54) is 15.7 Å². The molecular weight excluding hydrogens is 448 g/mol. The number of thiophene rings is 1. The monoisotopic (exact) mass is 472 g/mol. The third kappa shape index (κ3) is 4.56. The molecule has 3 aromatic rings. The van der Waals surface area contributed by atoms with E-state index < -0.39 is 16.9 Å². The number of nitrogens with one attached hydrogen (secondary N) is 1. The molecule has 0 bridgehead atoms. The fourth-order valence-corrected chi connectivity index (χ4v) is 5.69.